The van der Waals surface area contributed by atoms with E-state index in [-0.39, 0.29) is 5.41 Å². The van der Waals surface area contributed by atoms with Gasteiger partial charge in [0.15, 0.2) is 0 Å². The molecule has 194 valence electrons. The number of hydrogen-bond acceptors (Lipinski definition) is 6. The number of fused-ring (bicyclic) bond motifs is 2. The van der Waals surface area contributed by atoms with E-state index in [1.54, 1.807) is 0 Å². The molecule has 0 radical (unpaired) electrons. The quantitative estimate of drug-likeness (QED) is 0.231. The summed E-state index contributed by atoms with van der Waals surface area (Å²) in [5, 5.41) is 13.4. The second kappa shape index (κ2) is 9.59. The van der Waals surface area contributed by atoms with Gasteiger partial charge in [-0.25, -0.2) is 0 Å². The van der Waals surface area contributed by atoms with Crippen molar-refractivity contribution >= 4 is 33.2 Å². The average molecular weight is 507 g/mol. The van der Waals surface area contributed by atoms with Gasteiger partial charge in [0.1, 0.15) is 5.69 Å². The minimum Gasteiger partial charge on any atom is -0.370 e. The minimum absolute atomic E-state index is 0.159. The highest BCUT2D eigenvalue weighted by Gasteiger charge is 2.18. The maximum atomic E-state index is 4.69. The lowest BCUT2D eigenvalue weighted by atomic mass is 9.91. The van der Waals surface area contributed by atoms with Gasteiger partial charge >= 0.3 is 0 Å². The Balaban J connectivity index is 1.33. The van der Waals surface area contributed by atoms with Gasteiger partial charge in [0.05, 0.1) is 58.6 Å². The van der Waals surface area contributed by atoms with E-state index in [4.69, 9.17) is 4.98 Å². The molecule has 8 nitrogen and oxygen atoms in total. The molecule has 0 bridgehead atoms. The summed E-state index contributed by atoms with van der Waals surface area (Å²) in [4.78, 5) is 19.7. The fourth-order valence-electron chi connectivity index (χ4n) is 5.37. The van der Waals surface area contributed by atoms with E-state index >= 15 is 0 Å². The lowest BCUT2D eigenvalue weighted by molar-refractivity contribution is 0.411. The van der Waals surface area contributed by atoms with Gasteiger partial charge < -0.3 is 15.2 Å². The standard InChI is InChI=1S/C30H34N8/c1-19(13-30(2,3)4)34-21-10-20(14-31-15-21)24-12-23-27(17-33-24)36-37-29(23)25-11-22-26(35-25)16-32-18-28(22)38-8-6-5-7-9-38/h10-12,14-18,34-35H,1,5-9,13H2,2-4H3,(H,36,37). The van der Waals surface area contributed by atoms with Crippen LogP contribution in [0.15, 0.2) is 61.5 Å². The molecule has 6 heterocycles. The number of pyridine rings is 3. The summed E-state index contributed by atoms with van der Waals surface area (Å²) in [6.45, 7) is 13.0. The second-order valence-corrected chi connectivity index (χ2v) is 11.5. The lowest BCUT2D eigenvalue weighted by Crippen LogP contribution is -2.29. The first-order chi connectivity index (χ1) is 18.3. The number of H-pyrrole nitrogens is 2. The third-order valence-electron chi connectivity index (χ3n) is 7.02. The smallest absolute Gasteiger partial charge is 0.116 e. The van der Waals surface area contributed by atoms with Crippen LogP contribution in [-0.2, 0) is 0 Å². The van der Waals surface area contributed by atoms with Crippen molar-refractivity contribution in [2.24, 2.45) is 5.41 Å². The van der Waals surface area contributed by atoms with Crippen LogP contribution in [0.2, 0.25) is 0 Å². The molecule has 0 spiro atoms. The molecular formula is C30H34N8. The van der Waals surface area contributed by atoms with Crippen molar-refractivity contribution in [2.75, 3.05) is 23.3 Å². The number of nitrogens with zero attached hydrogens (tertiary/aromatic N) is 5. The van der Waals surface area contributed by atoms with Gasteiger partial charge in [0.25, 0.3) is 0 Å². The Kier molecular flexibility index (Phi) is 6.10. The summed E-state index contributed by atoms with van der Waals surface area (Å²) in [5.74, 6) is 0. The van der Waals surface area contributed by atoms with Crippen LogP contribution >= 0.6 is 0 Å². The maximum Gasteiger partial charge on any atom is 0.116 e. The molecule has 0 aromatic carbocycles. The number of piperidine rings is 1. The third kappa shape index (κ3) is 4.86. The van der Waals surface area contributed by atoms with Crippen molar-refractivity contribution in [2.45, 2.75) is 46.5 Å². The van der Waals surface area contributed by atoms with Crippen LogP contribution in [0.3, 0.4) is 0 Å². The van der Waals surface area contributed by atoms with Gasteiger partial charge in [-0.15, -0.1) is 0 Å². The summed E-state index contributed by atoms with van der Waals surface area (Å²) in [7, 11) is 0. The molecule has 1 saturated heterocycles. The fourth-order valence-corrected chi connectivity index (χ4v) is 5.37. The molecule has 0 saturated carbocycles. The Hall–Kier alpha value is -4.20. The first-order valence-corrected chi connectivity index (χ1v) is 13.3. The molecule has 38 heavy (non-hydrogen) atoms. The Bertz CT molecular complexity index is 1610. The highest BCUT2D eigenvalue weighted by molar-refractivity contribution is 6.00. The molecule has 5 aromatic heterocycles. The van der Waals surface area contributed by atoms with Crippen LogP contribution in [0.5, 0.6) is 0 Å². The van der Waals surface area contributed by atoms with Crippen molar-refractivity contribution in [3.8, 4) is 22.6 Å². The van der Waals surface area contributed by atoms with E-state index < -0.39 is 0 Å². The van der Waals surface area contributed by atoms with E-state index in [2.05, 4.69) is 80.9 Å². The highest BCUT2D eigenvalue weighted by Crippen LogP contribution is 2.35. The number of nitrogens with one attached hydrogen (secondary N) is 3. The summed E-state index contributed by atoms with van der Waals surface area (Å²) in [6.07, 6.45) is 14.0. The molecule has 6 rings (SSSR count). The van der Waals surface area contributed by atoms with Crippen molar-refractivity contribution in [3.05, 3.63) is 61.5 Å². The maximum absolute atomic E-state index is 4.69. The third-order valence-corrected chi connectivity index (χ3v) is 7.02. The first kappa shape index (κ1) is 24.2. The molecule has 5 aromatic rings. The molecule has 0 atom stereocenters. The topological polar surface area (TPSA) is 98.4 Å². The SMILES string of the molecule is C=C(CC(C)(C)C)Nc1cncc(-c2cc3c(-c4cc5c(N6CCCCC6)cncc5[nH]4)n[nH]c3cn2)c1. The minimum atomic E-state index is 0.159. The molecule has 0 unspecified atom stereocenters. The number of aromatic nitrogens is 6. The normalized spacial score (nSPS) is 14.3. The zero-order valence-corrected chi connectivity index (χ0v) is 22.3. The van der Waals surface area contributed by atoms with E-state index in [9.17, 15) is 0 Å². The predicted molar refractivity (Wildman–Crippen MR) is 155 cm³/mol. The summed E-state index contributed by atoms with van der Waals surface area (Å²) < 4.78 is 0. The van der Waals surface area contributed by atoms with Crippen LogP contribution in [0.1, 0.15) is 46.5 Å². The molecule has 0 amide bonds. The average Bonchev–Trinajstić information content (AvgIpc) is 3.51. The highest BCUT2D eigenvalue weighted by atomic mass is 15.1. The Morgan fingerprint density at radius 3 is 2.58 bits per heavy atom. The Morgan fingerprint density at radius 2 is 1.76 bits per heavy atom. The molecule has 1 fully saturated rings. The fraction of sp³-hybridized carbons (Fsp3) is 0.333. The van der Waals surface area contributed by atoms with Crippen molar-refractivity contribution in [1.82, 2.24) is 30.1 Å². The first-order valence-electron chi connectivity index (χ1n) is 13.3. The van der Waals surface area contributed by atoms with E-state index in [1.165, 1.54) is 30.3 Å². The summed E-state index contributed by atoms with van der Waals surface area (Å²) in [6, 6.07) is 6.34. The number of hydrogen-bond donors (Lipinski definition) is 3. The Morgan fingerprint density at radius 1 is 0.947 bits per heavy atom. The lowest BCUT2D eigenvalue weighted by Gasteiger charge is -2.28. The van der Waals surface area contributed by atoms with E-state index in [0.29, 0.717) is 0 Å². The zero-order valence-electron chi connectivity index (χ0n) is 22.3. The molecule has 8 heteroatoms. The Labute approximate surface area is 222 Å². The molecule has 3 N–H and O–H groups in total. The largest absolute Gasteiger partial charge is 0.370 e. The van der Waals surface area contributed by atoms with E-state index in [0.717, 1.165) is 70.0 Å². The summed E-state index contributed by atoms with van der Waals surface area (Å²) in [5.41, 5.74) is 8.72. The van der Waals surface area contributed by atoms with Crippen molar-refractivity contribution < 1.29 is 0 Å². The molecular weight excluding hydrogens is 472 g/mol. The van der Waals surface area contributed by atoms with Gasteiger partial charge in [-0.2, -0.15) is 5.10 Å². The molecule has 1 aliphatic heterocycles. The van der Waals surface area contributed by atoms with Gasteiger partial charge in [-0.1, -0.05) is 27.4 Å². The monoisotopic (exact) mass is 506 g/mol. The van der Waals surface area contributed by atoms with E-state index in [1.807, 2.05) is 31.0 Å². The van der Waals surface area contributed by atoms with Gasteiger partial charge in [-0.3, -0.25) is 20.1 Å². The zero-order chi connectivity index (χ0) is 26.3. The van der Waals surface area contributed by atoms with Gasteiger partial charge in [-0.05, 0) is 49.3 Å². The predicted octanol–water partition coefficient (Wildman–Crippen LogP) is 6.92. The summed E-state index contributed by atoms with van der Waals surface area (Å²) >= 11 is 0. The van der Waals surface area contributed by atoms with Crippen LogP contribution < -0.4 is 10.2 Å². The molecule has 0 aliphatic carbocycles. The molecule has 1 aliphatic rings. The number of aromatic amines is 2. The van der Waals surface area contributed by atoms with Crippen LogP contribution in [-0.4, -0.2) is 43.2 Å². The van der Waals surface area contributed by atoms with Gasteiger partial charge in [0, 0.05) is 41.3 Å². The van der Waals surface area contributed by atoms with Crippen molar-refractivity contribution in [3.63, 3.8) is 0 Å². The second-order valence-electron chi connectivity index (χ2n) is 11.5. The number of anilines is 2. The number of rotatable bonds is 6. The van der Waals surface area contributed by atoms with Crippen LogP contribution in [0.25, 0.3) is 44.5 Å². The van der Waals surface area contributed by atoms with Gasteiger partial charge in [0.2, 0.25) is 0 Å². The number of allylic oxidation sites excluding steroid dienone is 1. The van der Waals surface area contributed by atoms with Crippen LogP contribution in [0, 0.1) is 5.41 Å². The van der Waals surface area contributed by atoms with Crippen LogP contribution in [0.4, 0.5) is 11.4 Å². The van der Waals surface area contributed by atoms with Crippen molar-refractivity contribution in [1.29, 1.82) is 0 Å².